The largest absolute Gasteiger partial charge is 0.377 e. The van der Waals surface area contributed by atoms with Gasteiger partial charge < -0.3 is 24.4 Å². The van der Waals surface area contributed by atoms with Gasteiger partial charge in [0.1, 0.15) is 6.10 Å². The minimum atomic E-state index is 0. The lowest BCUT2D eigenvalue weighted by Crippen LogP contribution is -2.73. The van der Waals surface area contributed by atoms with Crippen molar-refractivity contribution in [2.45, 2.75) is 69.8 Å². The molecule has 5 rings (SSSR count). The molecule has 2 saturated carbocycles. The van der Waals surface area contributed by atoms with Gasteiger partial charge in [0.15, 0.2) is 5.96 Å². The summed E-state index contributed by atoms with van der Waals surface area (Å²) in [7, 11) is 0. The van der Waals surface area contributed by atoms with Gasteiger partial charge in [0.25, 0.3) is 0 Å². The first kappa shape index (κ1) is 20.2. The number of morpholine rings is 1. The summed E-state index contributed by atoms with van der Waals surface area (Å²) in [5.74, 6) is 1.76. The van der Waals surface area contributed by atoms with E-state index in [0.717, 1.165) is 58.3 Å². The summed E-state index contributed by atoms with van der Waals surface area (Å²) in [5.41, 5.74) is 0.385. The molecule has 1 N–H and O–H groups in total. The van der Waals surface area contributed by atoms with Crippen molar-refractivity contribution in [2.75, 3.05) is 39.5 Å². The average Bonchev–Trinajstić information content (AvgIpc) is 3.28. The molecule has 27 heavy (non-hydrogen) atoms. The van der Waals surface area contributed by atoms with Crippen molar-refractivity contribution in [2.24, 2.45) is 16.3 Å². The van der Waals surface area contributed by atoms with Gasteiger partial charge in [-0.25, -0.2) is 0 Å². The first-order valence-corrected chi connectivity index (χ1v) is 10.7. The van der Waals surface area contributed by atoms with Crippen LogP contribution in [-0.2, 0) is 14.2 Å². The van der Waals surface area contributed by atoms with Crippen molar-refractivity contribution < 1.29 is 14.2 Å². The third-order valence-corrected chi connectivity index (χ3v) is 7.40. The Morgan fingerprint density at radius 3 is 2.63 bits per heavy atom. The molecule has 0 aromatic carbocycles. The molecule has 5 fully saturated rings. The van der Waals surface area contributed by atoms with Gasteiger partial charge >= 0.3 is 0 Å². The zero-order valence-corrected chi connectivity index (χ0v) is 18.7. The molecule has 0 amide bonds. The maximum absolute atomic E-state index is 6.08. The van der Waals surface area contributed by atoms with Crippen LogP contribution in [0.5, 0.6) is 0 Å². The van der Waals surface area contributed by atoms with Crippen LogP contribution >= 0.6 is 24.0 Å². The highest BCUT2D eigenvalue weighted by molar-refractivity contribution is 14.0. The highest BCUT2D eigenvalue weighted by atomic mass is 127. The van der Waals surface area contributed by atoms with E-state index in [0.29, 0.717) is 23.5 Å². The molecule has 0 bridgehead atoms. The number of ether oxygens (including phenoxy) is 3. The summed E-state index contributed by atoms with van der Waals surface area (Å²) < 4.78 is 18.0. The number of aliphatic imine (C=N–C) groups is 1. The molecule has 154 valence electrons. The van der Waals surface area contributed by atoms with Crippen molar-refractivity contribution in [3.63, 3.8) is 0 Å². The van der Waals surface area contributed by atoms with Crippen LogP contribution in [0.2, 0.25) is 0 Å². The predicted molar refractivity (Wildman–Crippen MR) is 115 cm³/mol. The lowest BCUT2D eigenvalue weighted by atomic mass is 9.46. The van der Waals surface area contributed by atoms with E-state index < -0.39 is 0 Å². The number of nitrogens with one attached hydrogen (secondary N) is 1. The van der Waals surface area contributed by atoms with Crippen LogP contribution in [-0.4, -0.2) is 74.7 Å². The molecular formula is C20H34IN3O3. The van der Waals surface area contributed by atoms with Crippen LogP contribution in [0.3, 0.4) is 0 Å². The number of rotatable bonds is 3. The minimum absolute atomic E-state index is 0. The molecule has 6 nitrogen and oxygen atoms in total. The van der Waals surface area contributed by atoms with Gasteiger partial charge in [-0.1, -0.05) is 6.42 Å². The van der Waals surface area contributed by atoms with Crippen molar-refractivity contribution >= 4 is 29.9 Å². The fourth-order valence-corrected chi connectivity index (χ4v) is 5.97. The topological polar surface area (TPSA) is 55.3 Å². The lowest BCUT2D eigenvalue weighted by Gasteiger charge is -2.63. The Morgan fingerprint density at radius 2 is 1.93 bits per heavy atom. The van der Waals surface area contributed by atoms with Gasteiger partial charge in [0.05, 0.1) is 18.8 Å². The molecule has 7 heteroatoms. The van der Waals surface area contributed by atoms with Crippen LogP contribution in [0.1, 0.15) is 45.4 Å². The number of hydrogen-bond acceptors (Lipinski definition) is 4. The number of fused-ring (bicyclic) bond motifs is 2. The Morgan fingerprint density at radius 1 is 1.07 bits per heavy atom. The fraction of sp³-hybridized carbons (Fsp3) is 0.950. The molecule has 3 saturated heterocycles. The van der Waals surface area contributed by atoms with Crippen molar-refractivity contribution in [3.05, 3.63) is 0 Å². The number of guanidine groups is 1. The Labute approximate surface area is 179 Å². The van der Waals surface area contributed by atoms with E-state index in [2.05, 4.69) is 17.1 Å². The molecule has 5 unspecified atom stereocenters. The highest BCUT2D eigenvalue weighted by Crippen LogP contribution is 2.62. The molecule has 5 aliphatic rings. The quantitative estimate of drug-likeness (QED) is 0.374. The summed E-state index contributed by atoms with van der Waals surface area (Å²) in [5, 5.41) is 3.90. The molecule has 1 spiro atoms. The molecule has 0 radical (unpaired) electrons. The maximum atomic E-state index is 6.08. The van der Waals surface area contributed by atoms with Crippen LogP contribution in [0.25, 0.3) is 0 Å². The summed E-state index contributed by atoms with van der Waals surface area (Å²) in [4.78, 5) is 7.27. The van der Waals surface area contributed by atoms with Gasteiger partial charge in [-0.2, -0.15) is 0 Å². The Hall–Kier alpha value is -0.120. The SMILES string of the molecule is CCN=C(NC1C2CCOC2C12CCC2)N1CCOC(C2CCCO2)C1.I. The average molecular weight is 491 g/mol. The molecule has 5 atom stereocenters. The van der Waals surface area contributed by atoms with Gasteiger partial charge in [-0.3, -0.25) is 4.99 Å². The van der Waals surface area contributed by atoms with E-state index in [1.807, 2.05) is 0 Å². The zero-order chi connectivity index (χ0) is 17.6. The van der Waals surface area contributed by atoms with E-state index in [1.165, 1.54) is 25.7 Å². The van der Waals surface area contributed by atoms with Crippen molar-refractivity contribution in [1.82, 2.24) is 10.2 Å². The predicted octanol–water partition coefficient (Wildman–Crippen LogP) is 2.41. The van der Waals surface area contributed by atoms with E-state index in [-0.39, 0.29) is 36.2 Å². The van der Waals surface area contributed by atoms with Crippen LogP contribution in [0.4, 0.5) is 0 Å². The van der Waals surface area contributed by atoms with Gasteiger partial charge in [-0.15, -0.1) is 24.0 Å². The second-order valence-corrected chi connectivity index (χ2v) is 8.66. The highest BCUT2D eigenvalue weighted by Gasteiger charge is 2.66. The third kappa shape index (κ3) is 3.40. The zero-order valence-electron chi connectivity index (χ0n) is 16.4. The van der Waals surface area contributed by atoms with Crippen LogP contribution in [0.15, 0.2) is 4.99 Å². The minimum Gasteiger partial charge on any atom is -0.377 e. The van der Waals surface area contributed by atoms with Crippen molar-refractivity contribution in [1.29, 1.82) is 0 Å². The molecule has 3 heterocycles. The summed E-state index contributed by atoms with van der Waals surface area (Å²) >= 11 is 0. The standard InChI is InChI=1S/C20H33N3O3.HI/c1-2-21-19(23-9-12-25-16(13-23)15-5-3-10-24-15)22-17-14-6-11-26-18(14)20(17)7-4-8-20;/h14-18H,2-13H2,1H3,(H,21,22);1H. The second-order valence-electron chi connectivity index (χ2n) is 8.66. The molecular weight excluding hydrogens is 457 g/mol. The molecule has 0 aromatic rings. The summed E-state index contributed by atoms with van der Waals surface area (Å²) in [6.45, 7) is 7.33. The van der Waals surface area contributed by atoms with E-state index >= 15 is 0 Å². The van der Waals surface area contributed by atoms with Gasteiger partial charge in [-0.05, 0) is 39.0 Å². The smallest absolute Gasteiger partial charge is 0.194 e. The summed E-state index contributed by atoms with van der Waals surface area (Å²) in [6.07, 6.45) is 8.40. The maximum Gasteiger partial charge on any atom is 0.194 e. The number of halogens is 1. The fourth-order valence-electron chi connectivity index (χ4n) is 5.97. The molecule has 2 aliphatic carbocycles. The first-order chi connectivity index (χ1) is 12.8. The van der Waals surface area contributed by atoms with Crippen molar-refractivity contribution in [3.8, 4) is 0 Å². The summed E-state index contributed by atoms with van der Waals surface area (Å²) in [6, 6.07) is 0.540. The van der Waals surface area contributed by atoms with E-state index in [4.69, 9.17) is 19.2 Å². The Kier molecular flexibility index (Phi) is 6.21. The van der Waals surface area contributed by atoms with Crippen LogP contribution in [0, 0.1) is 11.3 Å². The second kappa shape index (κ2) is 8.32. The monoisotopic (exact) mass is 491 g/mol. The Balaban J connectivity index is 0.00000180. The normalized spacial score (nSPS) is 40.1. The van der Waals surface area contributed by atoms with Gasteiger partial charge in [0, 0.05) is 50.2 Å². The number of hydrogen-bond donors (Lipinski definition) is 1. The van der Waals surface area contributed by atoms with E-state index in [1.54, 1.807) is 0 Å². The molecule has 3 aliphatic heterocycles. The molecule has 0 aromatic heterocycles. The van der Waals surface area contributed by atoms with E-state index in [9.17, 15) is 0 Å². The van der Waals surface area contributed by atoms with Gasteiger partial charge in [0.2, 0.25) is 0 Å². The lowest BCUT2D eigenvalue weighted by molar-refractivity contribution is -0.172. The van der Waals surface area contributed by atoms with Crippen LogP contribution < -0.4 is 5.32 Å². The first-order valence-electron chi connectivity index (χ1n) is 10.7. The third-order valence-electron chi connectivity index (χ3n) is 7.40. The Bertz CT molecular complexity index is 551. The number of nitrogens with zero attached hydrogens (tertiary/aromatic N) is 2.